The molecule has 0 N–H and O–H groups in total. The van der Waals surface area contributed by atoms with Gasteiger partial charge in [-0.3, -0.25) is 14.5 Å². The molecule has 1 saturated heterocycles. The molecule has 4 heterocycles. The number of nitrogens with zero attached hydrogens (tertiary/aromatic N) is 6. The van der Waals surface area contributed by atoms with Crippen molar-refractivity contribution in [3.05, 3.63) is 47.0 Å². The molecule has 0 bridgehead atoms. The molecule has 4 rings (SSSR count). The summed E-state index contributed by atoms with van der Waals surface area (Å²) in [7, 11) is 1.66. The number of rotatable bonds is 5. The summed E-state index contributed by atoms with van der Waals surface area (Å²) in [5.41, 5.74) is 2.71. The number of pyridine rings is 2. The van der Waals surface area contributed by atoms with Crippen molar-refractivity contribution in [3.8, 4) is 23.1 Å². The number of hydrogen-bond donors (Lipinski definition) is 0. The third-order valence-corrected chi connectivity index (χ3v) is 4.95. The van der Waals surface area contributed by atoms with Crippen LogP contribution in [0.2, 0.25) is 0 Å². The molecule has 0 radical (unpaired) electrons. The lowest BCUT2D eigenvalue weighted by molar-refractivity contribution is 0.317. The normalized spacial score (nSPS) is 14.7. The van der Waals surface area contributed by atoms with Crippen LogP contribution in [0, 0.1) is 0 Å². The molecule has 0 aromatic carbocycles. The van der Waals surface area contributed by atoms with Crippen LogP contribution >= 0.6 is 15.9 Å². The van der Waals surface area contributed by atoms with Gasteiger partial charge in [0.15, 0.2) is 5.82 Å². The number of ether oxygens (including phenoxy) is 1. The topological polar surface area (TPSA) is 69.0 Å². The summed E-state index contributed by atoms with van der Waals surface area (Å²) in [6.45, 7) is 3.07. The number of likely N-dealkylation sites (tertiary alicyclic amines) is 1. The van der Waals surface area contributed by atoms with Crippen molar-refractivity contribution in [2.75, 3.05) is 20.2 Å². The van der Waals surface area contributed by atoms with Crippen LogP contribution in [0.25, 0.3) is 17.2 Å². The number of aromatic nitrogens is 5. The minimum atomic E-state index is 0.664. The monoisotopic (exact) mass is 414 g/mol. The molecule has 1 aliphatic rings. The van der Waals surface area contributed by atoms with Gasteiger partial charge in [-0.25, -0.2) is 4.98 Å². The van der Waals surface area contributed by atoms with Crippen LogP contribution in [0.3, 0.4) is 0 Å². The van der Waals surface area contributed by atoms with Crippen LogP contribution < -0.4 is 4.74 Å². The largest absolute Gasteiger partial charge is 0.481 e. The fraction of sp³-hybridized carbons (Fsp3) is 0.333. The molecule has 0 atom stereocenters. The molecule has 26 heavy (non-hydrogen) atoms. The van der Waals surface area contributed by atoms with Gasteiger partial charge in [0.25, 0.3) is 0 Å². The van der Waals surface area contributed by atoms with Crippen molar-refractivity contribution >= 4 is 15.9 Å². The van der Waals surface area contributed by atoms with Crippen LogP contribution in [0.1, 0.15) is 18.4 Å². The Morgan fingerprint density at radius 3 is 2.73 bits per heavy atom. The van der Waals surface area contributed by atoms with Crippen LogP contribution in [0.15, 0.2) is 41.4 Å². The molecular formula is C18H19BrN6O. The number of hydrogen-bond acceptors (Lipinski definition) is 6. The van der Waals surface area contributed by atoms with Crippen molar-refractivity contribution in [2.45, 2.75) is 19.4 Å². The second-order valence-corrected chi connectivity index (χ2v) is 7.15. The smallest absolute Gasteiger partial charge is 0.217 e. The molecule has 0 unspecified atom stereocenters. The van der Waals surface area contributed by atoms with Crippen LogP contribution in [-0.4, -0.2) is 49.8 Å². The van der Waals surface area contributed by atoms with Crippen LogP contribution in [-0.2, 0) is 6.54 Å². The zero-order chi connectivity index (χ0) is 17.9. The molecular weight excluding hydrogens is 396 g/mol. The van der Waals surface area contributed by atoms with Gasteiger partial charge in [-0.05, 0) is 60.1 Å². The molecule has 0 saturated carbocycles. The lowest BCUT2D eigenvalue weighted by atomic mass is 10.2. The molecule has 1 aliphatic heterocycles. The fourth-order valence-electron chi connectivity index (χ4n) is 3.20. The SMILES string of the molecule is COc1ncc(-n2cnnc2-c2ccc(Br)cn2)cc1CN1CCCC1. The van der Waals surface area contributed by atoms with E-state index < -0.39 is 0 Å². The van der Waals surface area contributed by atoms with E-state index in [1.165, 1.54) is 12.8 Å². The van der Waals surface area contributed by atoms with Crippen LogP contribution in [0.5, 0.6) is 5.88 Å². The van der Waals surface area contributed by atoms with Gasteiger partial charge in [0, 0.05) is 22.8 Å². The van der Waals surface area contributed by atoms with E-state index in [4.69, 9.17) is 4.74 Å². The second-order valence-electron chi connectivity index (χ2n) is 6.23. The Hall–Kier alpha value is -2.32. The van der Waals surface area contributed by atoms with Crippen molar-refractivity contribution in [1.82, 2.24) is 29.6 Å². The maximum absolute atomic E-state index is 5.46. The Bertz CT molecular complexity index is 889. The lowest BCUT2D eigenvalue weighted by Crippen LogP contribution is -2.19. The van der Waals surface area contributed by atoms with Crippen molar-refractivity contribution in [3.63, 3.8) is 0 Å². The van der Waals surface area contributed by atoms with E-state index in [1.54, 1.807) is 25.8 Å². The Morgan fingerprint density at radius 1 is 1.15 bits per heavy atom. The first kappa shape index (κ1) is 17.1. The van der Waals surface area contributed by atoms with E-state index in [0.717, 1.165) is 41.1 Å². The van der Waals surface area contributed by atoms with E-state index in [-0.39, 0.29) is 0 Å². The first-order valence-corrected chi connectivity index (χ1v) is 9.31. The molecule has 0 spiro atoms. The maximum atomic E-state index is 5.46. The van der Waals surface area contributed by atoms with Gasteiger partial charge in [0.05, 0.1) is 19.0 Å². The highest BCUT2D eigenvalue weighted by Crippen LogP contribution is 2.25. The molecule has 1 fully saturated rings. The lowest BCUT2D eigenvalue weighted by Gasteiger charge is -2.17. The maximum Gasteiger partial charge on any atom is 0.217 e. The van der Waals surface area contributed by atoms with Gasteiger partial charge in [-0.1, -0.05) is 0 Å². The highest BCUT2D eigenvalue weighted by Gasteiger charge is 2.17. The number of halogens is 1. The van der Waals surface area contributed by atoms with Gasteiger partial charge in [0.2, 0.25) is 5.88 Å². The summed E-state index contributed by atoms with van der Waals surface area (Å²) in [6.07, 6.45) is 7.71. The first-order chi connectivity index (χ1) is 12.7. The van der Waals surface area contributed by atoms with Gasteiger partial charge in [-0.15, -0.1) is 10.2 Å². The third kappa shape index (κ3) is 3.47. The zero-order valence-electron chi connectivity index (χ0n) is 14.5. The van der Waals surface area contributed by atoms with Gasteiger partial charge in [-0.2, -0.15) is 0 Å². The molecule has 3 aromatic heterocycles. The summed E-state index contributed by atoms with van der Waals surface area (Å²) in [6, 6.07) is 5.94. The standard InChI is InChI=1S/C18H19BrN6O/c1-26-18-13(11-24-6-2-3-7-24)8-15(10-21-18)25-12-22-23-17(25)16-5-4-14(19)9-20-16/h4-5,8-10,12H,2-3,6-7,11H2,1H3. The molecule has 134 valence electrons. The predicted octanol–water partition coefficient (Wildman–Crippen LogP) is 3.09. The van der Waals surface area contributed by atoms with E-state index in [0.29, 0.717) is 11.7 Å². The molecule has 0 aliphatic carbocycles. The van der Waals surface area contributed by atoms with E-state index in [9.17, 15) is 0 Å². The highest BCUT2D eigenvalue weighted by atomic mass is 79.9. The van der Waals surface area contributed by atoms with Crippen LogP contribution in [0.4, 0.5) is 0 Å². The van der Waals surface area contributed by atoms with Gasteiger partial charge in [0.1, 0.15) is 12.0 Å². The summed E-state index contributed by atoms with van der Waals surface area (Å²) < 4.78 is 8.28. The summed E-state index contributed by atoms with van der Waals surface area (Å²) in [5, 5.41) is 8.30. The van der Waals surface area contributed by atoms with Crippen molar-refractivity contribution in [2.24, 2.45) is 0 Å². The fourth-order valence-corrected chi connectivity index (χ4v) is 3.44. The minimum Gasteiger partial charge on any atom is -0.481 e. The van der Waals surface area contributed by atoms with E-state index in [1.807, 2.05) is 16.7 Å². The Kier molecular flexibility index (Phi) is 4.94. The Balaban J connectivity index is 1.70. The summed E-state index contributed by atoms with van der Waals surface area (Å²) >= 11 is 3.41. The predicted molar refractivity (Wildman–Crippen MR) is 101 cm³/mol. The first-order valence-electron chi connectivity index (χ1n) is 8.52. The third-order valence-electron chi connectivity index (χ3n) is 4.48. The van der Waals surface area contributed by atoms with Crippen molar-refractivity contribution < 1.29 is 4.74 Å². The summed E-state index contributed by atoms with van der Waals surface area (Å²) in [4.78, 5) is 11.3. The van der Waals surface area contributed by atoms with E-state index >= 15 is 0 Å². The quantitative estimate of drug-likeness (QED) is 0.638. The zero-order valence-corrected chi connectivity index (χ0v) is 16.1. The molecule has 0 amide bonds. The summed E-state index contributed by atoms with van der Waals surface area (Å²) in [5.74, 6) is 1.34. The highest BCUT2D eigenvalue weighted by molar-refractivity contribution is 9.10. The average molecular weight is 415 g/mol. The van der Waals surface area contributed by atoms with Gasteiger partial charge >= 0.3 is 0 Å². The Labute approximate surface area is 160 Å². The minimum absolute atomic E-state index is 0.664. The second kappa shape index (κ2) is 7.51. The Morgan fingerprint density at radius 2 is 2.00 bits per heavy atom. The molecule has 3 aromatic rings. The molecule has 7 nitrogen and oxygen atoms in total. The van der Waals surface area contributed by atoms with E-state index in [2.05, 4.69) is 47.1 Å². The molecule has 8 heteroatoms. The van der Waals surface area contributed by atoms with Crippen molar-refractivity contribution in [1.29, 1.82) is 0 Å². The average Bonchev–Trinajstić information content (AvgIpc) is 3.34. The number of methoxy groups -OCH3 is 1. The van der Waals surface area contributed by atoms with Gasteiger partial charge < -0.3 is 4.74 Å².